The third-order valence-corrected chi connectivity index (χ3v) is 3.81. The van der Waals surface area contributed by atoms with Crippen LogP contribution in [0.5, 0.6) is 0 Å². The van der Waals surface area contributed by atoms with E-state index in [0.29, 0.717) is 28.9 Å². The van der Waals surface area contributed by atoms with Gasteiger partial charge in [0.1, 0.15) is 0 Å². The lowest BCUT2D eigenvalue weighted by molar-refractivity contribution is 0.0636. The molecule has 3 rings (SSSR count). The molecule has 2 aromatic rings. The second kappa shape index (κ2) is 6.28. The maximum atomic E-state index is 12.4. The van der Waals surface area contributed by atoms with Crippen molar-refractivity contribution in [3.05, 3.63) is 65.2 Å². The molecule has 1 N–H and O–H groups in total. The summed E-state index contributed by atoms with van der Waals surface area (Å²) in [7, 11) is 0. The Bertz CT molecular complexity index is 813. The summed E-state index contributed by atoms with van der Waals surface area (Å²) in [6, 6.07) is 13.7. The van der Waals surface area contributed by atoms with Crippen LogP contribution in [-0.2, 0) is 0 Å². The second-order valence-electron chi connectivity index (χ2n) is 6.20. The molecular formula is C19H18N2O3. The van der Waals surface area contributed by atoms with Gasteiger partial charge in [-0.3, -0.25) is 19.3 Å². The lowest BCUT2D eigenvalue weighted by Gasteiger charge is -2.15. The van der Waals surface area contributed by atoms with E-state index >= 15 is 0 Å². The monoisotopic (exact) mass is 322 g/mol. The minimum Gasteiger partial charge on any atom is -0.322 e. The number of benzene rings is 2. The van der Waals surface area contributed by atoms with Gasteiger partial charge in [0, 0.05) is 17.8 Å². The Kier molecular flexibility index (Phi) is 4.16. The molecule has 122 valence electrons. The molecule has 0 fully saturated rings. The summed E-state index contributed by atoms with van der Waals surface area (Å²) in [5, 5.41) is 2.77. The Morgan fingerprint density at radius 3 is 2.33 bits per heavy atom. The lowest BCUT2D eigenvalue weighted by atomic mass is 10.1. The van der Waals surface area contributed by atoms with Crippen LogP contribution in [0.15, 0.2) is 48.5 Å². The highest BCUT2D eigenvalue weighted by Gasteiger charge is 2.36. The van der Waals surface area contributed by atoms with E-state index in [4.69, 9.17) is 0 Å². The van der Waals surface area contributed by atoms with Crippen LogP contribution in [0, 0.1) is 5.92 Å². The van der Waals surface area contributed by atoms with Crippen molar-refractivity contribution in [1.29, 1.82) is 0 Å². The summed E-state index contributed by atoms with van der Waals surface area (Å²) >= 11 is 0. The number of carbonyl (C=O) groups excluding carboxylic acids is 3. The van der Waals surface area contributed by atoms with E-state index in [1.807, 2.05) is 32.0 Å². The summed E-state index contributed by atoms with van der Waals surface area (Å²) in [6.07, 6.45) is 0. The zero-order valence-corrected chi connectivity index (χ0v) is 13.6. The Morgan fingerprint density at radius 1 is 1.00 bits per heavy atom. The predicted octanol–water partition coefficient (Wildman–Crippen LogP) is 3.19. The zero-order chi connectivity index (χ0) is 17.3. The van der Waals surface area contributed by atoms with E-state index < -0.39 is 0 Å². The summed E-state index contributed by atoms with van der Waals surface area (Å²) < 4.78 is 0. The molecule has 1 aliphatic heterocycles. The smallest absolute Gasteiger partial charge is 0.261 e. The van der Waals surface area contributed by atoms with Crippen molar-refractivity contribution >= 4 is 23.4 Å². The van der Waals surface area contributed by atoms with Crippen molar-refractivity contribution in [2.75, 3.05) is 11.9 Å². The molecule has 0 radical (unpaired) electrons. The molecule has 0 unspecified atom stereocenters. The maximum Gasteiger partial charge on any atom is 0.261 e. The minimum absolute atomic E-state index is 0.188. The molecule has 0 atom stereocenters. The number of nitrogens with zero attached hydrogens (tertiary/aromatic N) is 1. The Morgan fingerprint density at radius 2 is 1.67 bits per heavy atom. The first-order valence-electron chi connectivity index (χ1n) is 7.84. The molecule has 24 heavy (non-hydrogen) atoms. The van der Waals surface area contributed by atoms with Crippen LogP contribution in [0.4, 0.5) is 5.69 Å². The van der Waals surface area contributed by atoms with Crippen molar-refractivity contribution in [2.24, 2.45) is 5.92 Å². The number of hydrogen-bond donors (Lipinski definition) is 1. The fourth-order valence-corrected chi connectivity index (χ4v) is 2.69. The Labute approximate surface area is 140 Å². The number of hydrogen-bond acceptors (Lipinski definition) is 3. The van der Waals surface area contributed by atoms with Gasteiger partial charge in [-0.1, -0.05) is 32.0 Å². The topological polar surface area (TPSA) is 66.5 Å². The summed E-state index contributed by atoms with van der Waals surface area (Å²) in [5.74, 6) is -0.753. The van der Waals surface area contributed by atoms with E-state index in [1.165, 1.54) is 11.0 Å². The van der Waals surface area contributed by atoms with Crippen LogP contribution in [0.1, 0.15) is 44.9 Å². The molecule has 0 bridgehead atoms. The fraction of sp³-hybridized carbons (Fsp3) is 0.211. The van der Waals surface area contributed by atoms with E-state index in [1.54, 1.807) is 24.3 Å². The van der Waals surface area contributed by atoms with Crippen molar-refractivity contribution in [1.82, 2.24) is 4.90 Å². The van der Waals surface area contributed by atoms with Crippen molar-refractivity contribution in [3.8, 4) is 0 Å². The van der Waals surface area contributed by atoms with Gasteiger partial charge in [-0.25, -0.2) is 0 Å². The Hall–Kier alpha value is -2.95. The lowest BCUT2D eigenvalue weighted by Crippen LogP contribution is -2.33. The number of nitrogens with one attached hydrogen (secondary N) is 1. The first kappa shape index (κ1) is 15.9. The highest BCUT2D eigenvalue weighted by atomic mass is 16.2. The number of anilines is 1. The number of imide groups is 1. The van der Waals surface area contributed by atoms with Gasteiger partial charge in [-0.15, -0.1) is 0 Å². The minimum atomic E-state index is -0.335. The van der Waals surface area contributed by atoms with E-state index in [0.717, 1.165) is 0 Å². The first-order valence-corrected chi connectivity index (χ1v) is 7.84. The van der Waals surface area contributed by atoms with Crippen LogP contribution in [0.2, 0.25) is 0 Å². The molecule has 2 aromatic carbocycles. The second-order valence-corrected chi connectivity index (χ2v) is 6.20. The van der Waals surface area contributed by atoms with Crippen LogP contribution < -0.4 is 5.32 Å². The highest BCUT2D eigenvalue weighted by molar-refractivity contribution is 6.22. The molecule has 0 aromatic heterocycles. The van der Waals surface area contributed by atoms with Crippen LogP contribution in [-0.4, -0.2) is 29.2 Å². The third kappa shape index (κ3) is 2.93. The van der Waals surface area contributed by atoms with Crippen molar-refractivity contribution in [3.63, 3.8) is 0 Å². The molecule has 0 saturated heterocycles. The number of carbonyl (C=O) groups is 3. The SMILES string of the molecule is CC(C)CN1C(=O)c2ccc(C(=O)Nc3ccccc3)cc2C1=O. The van der Waals surface area contributed by atoms with Crippen molar-refractivity contribution < 1.29 is 14.4 Å². The first-order chi connectivity index (χ1) is 11.5. The van der Waals surface area contributed by atoms with Crippen molar-refractivity contribution in [2.45, 2.75) is 13.8 Å². The molecule has 5 heteroatoms. The van der Waals surface area contributed by atoms with Gasteiger partial charge in [-0.2, -0.15) is 0 Å². The van der Waals surface area contributed by atoms with Crippen LogP contribution in [0.3, 0.4) is 0 Å². The summed E-state index contributed by atoms with van der Waals surface area (Å²) in [4.78, 5) is 38.4. The van der Waals surface area contributed by atoms with Gasteiger partial charge >= 0.3 is 0 Å². The number of rotatable bonds is 4. The number of para-hydroxylation sites is 1. The average molecular weight is 322 g/mol. The normalized spacial score (nSPS) is 13.4. The molecule has 0 spiro atoms. The van der Waals surface area contributed by atoms with Crippen LogP contribution in [0.25, 0.3) is 0 Å². The maximum absolute atomic E-state index is 12.4. The van der Waals surface area contributed by atoms with Gasteiger partial charge in [0.2, 0.25) is 0 Å². The molecule has 3 amide bonds. The molecule has 1 aliphatic rings. The average Bonchev–Trinajstić information content (AvgIpc) is 2.80. The largest absolute Gasteiger partial charge is 0.322 e. The van der Waals surface area contributed by atoms with Gasteiger partial charge in [0.25, 0.3) is 17.7 Å². The predicted molar refractivity (Wildman–Crippen MR) is 91.0 cm³/mol. The van der Waals surface area contributed by atoms with Crippen LogP contribution >= 0.6 is 0 Å². The van der Waals surface area contributed by atoms with E-state index in [9.17, 15) is 14.4 Å². The van der Waals surface area contributed by atoms with E-state index in [-0.39, 0.29) is 23.6 Å². The van der Waals surface area contributed by atoms with Gasteiger partial charge < -0.3 is 5.32 Å². The molecule has 0 saturated carbocycles. The number of amides is 3. The molecule has 1 heterocycles. The van der Waals surface area contributed by atoms with E-state index in [2.05, 4.69) is 5.32 Å². The quantitative estimate of drug-likeness (QED) is 0.879. The third-order valence-electron chi connectivity index (χ3n) is 3.81. The molecule has 0 aliphatic carbocycles. The zero-order valence-electron chi connectivity index (χ0n) is 13.6. The van der Waals surface area contributed by atoms with Gasteiger partial charge in [-0.05, 0) is 36.2 Å². The number of fused-ring (bicyclic) bond motifs is 1. The standard InChI is InChI=1S/C19H18N2O3/c1-12(2)11-21-18(23)15-9-8-13(10-16(15)19(21)24)17(22)20-14-6-4-3-5-7-14/h3-10,12H,11H2,1-2H3,(H,20,22). The summed E-state index contributed by atoms with van der Waals surface area (Å²) in [6.45, 7) is 4.27. The molecular weight excluding hydrogens is 304 g/mol. The summed E-state index contributed by atoms with van der Waals surface area (Å²) in [5.41, 5.74) is 1.68. The molecule has 5 nitrogen and oxygen atoms in total. The fourth-order valence-electron chi connectivity index (χ4n) is 2.69. The van der Waals surface area contributed by atoms with Gasteiger partial charge in [0.05, 0.1) is 11.1 Å². The van der Waals surface area contributed by atoms with Gasteiger partial charge in [0.15, 0.2) is 0 Å². The highest BCUT2D eigenvalue weighted by Crippen LogP contribution is 2.25. The Balaban J connectivity index is 1.85.